The third-order valence-electron chi connectivity index (χ3n) is 7.28. The van der Waals surface area contributed by atoms with Gasteiger partial charge in [0.15, 0.2) is 5.82 Å². The van der Waals surface area contributed by atoms with Crippen LogP contribution in [0.15, 0.2) is 71.8 Å². The van der Waals surface area contributed by atoms with Gasteiger partial charge in [-0.2, -0.15) is 5.10 Å². The molecule has 1 saturated heterocycles. The SMILES string of the molecule is Cc1cn(-c2ccc(=O)n(CCc3ccc4ncc(N5CCN(C)CC5)cc4c3)n2)c2cc(F)ccc12. The Balaban J connectivity index is 1.25. The molecule has 0 spiro atoms. The van der Waals surface area contributed by atoms with Gasteiger partial charge in [-0.1, -0.05) is 6.07 Å². The van der Waals surface area contributed by atoms with E-state index in [1.54, 1.807) is 12.1 Å². The summed E-state index contributed by atoms with van der Waals surface area (Å²) >= 11 is 0. The average Bonchev–Trinajstić information content (AvgIpc) is 3.23. The van der Waals surface area contributed by atoms with Crippen LogP contribution in [0, 0.1) is 12.7 Å². The third-order valence-corrected chi connectivity index (χ3v) is 7.28. The monoisotopic (exact) mass is 496 g/mol. The second-order valence-corrected chi connectivity index (χ2v) is 9.86. The Morgan fingerprint density at radius 3 is 2.65 bits per heavy atom. The van der Waals surface area contributed by atoms with Gasteiger partial charge in [-0.3, -0.25) is 14.3 Å². The van der Waals surface area contributed by atoms with Crippen LogP contribution in [-0.2, 0) is 13.0 Å². The largest absolute Gasteiger partial charge is 0.368 e. The van der Waals surface area contributed by atoms with Crippen LogP contribution in [0.5, 0.6) is 0 Å². The molecule has 6 rings (SSSR count). The fraction of sp³-hybridized carbons (Fsp3) is 0.276. The lowest BCUT2D eigenvalue weighted by molar-refractivity contribution is 0.313. The average molecular weight is 497 g/mol. The molecule has 2 aromatic carbocycles. The molecule has 3 aromatic heterocycles. The van der Waals surface area contributed by atoms with Gasteiger partial charge in [-0.25, -0.2) is 9.07 Å². The molecule has 8 heteroatoms. The molecule has 1 aliphatic rings. The molecule has 0 saturated carbocycles. The van der Waals surface area contributed by atoms with Gasteiger partial charge in [0.2, 0.25) is 0 Å². The van der Waals surface area contributed by atoms with Crippen LogP contribution in [0.1, 0.15) is 11.1 Å². The number of fused-ring (bicyclic) bond motifs is 2. The molecule has 0 radical (unpaired) electrons. The maximum atomic E-state index is 14.0. The van der Waals surface area contributed by atoms with E-state index in [9.17, 15) is 9.18 Å². The van der Waals surface area contributed by atoms with E-state index in [0.717, 1.165) is 64.8 Å². The zero-order valence-corrected chi connectivity index (χ0v) is 21.1. The molecule has 0 amide bonds. The first-order valence-electron chi connectivity index (χ1n) is 12.6. The van der Waals surface area contributed by atoms with E-state index in [0.29, 0.717) is 18.8 Å². The highest BCUT2D eigenvalue weighted by Gasteiger charge is 2.15. The van der Waals surface area contributed by atoms with Crippen molar-refractivity contribution in [3.8, 4) is 5.82 Å². The van der Waals surface area contributed by atoms with Gasteiger partial charge in [0.25, 0.3) is 5.56 Å². The zero-order chi connectivity index (χ0) is 25.5. The van der Waals surface area contributed by atoms with Crippen molar-refractivity contribution in [2.45, 2.75) is 19.9 Å². The van der Waals surface area contributed by atoms with Gasteiger partial charge < -0.3 is 9.80 Å². The second kappa shape index (κ2) is 9.44. The number of piperazine rings is 1. The Bertz CT molecular complexity index is 1660. The molecule has 7 nitrogen and oxygen atoms in total. The van der Waals surface area contributed by atoms with Crippen LogP contribution in [0.4, 0.5) is 10.1 Å². The normalized spacial score (nSPS) is 14.6. The lowest BCUT2D eigenvalue weighted by atomic mass is 10.1. The summed E-state index contributed by atoms with van der Waals surface area (Å²) in [5, 5.41) is 6.67. The summed E-state index contributed by atoms with van der Waals surface area (Å²) in [6.45, 7) is 6.51. The summed E-state index contributed by atoms with van der Waals surface area (Å²) in [5.74, 6) is 0.282. The highest BCUT2D eigenvalue weighted by molar-refractivity contribution is 5.85. The van der Waals surface area contributed by atoms with Crippen LogP contribution in [-0.4, -0.2) is 57.5 Å². The Morgan fingerprint density at radius 1 is 0.973 bits per heavy atom. The van der Waals surface area contributed by atoms with Crippen molar-refractivity contribution in [1.29, 1.82) is 0 Å². The number of benzene rings is 2. The summed E-state index contributed by atoms with van der Waals surface area (Å²) in [7, 11) is 2.15. The van der Waals surface area contributed by atoms with Crippen LogP contribution in [0.3, 0.4) is 0 Å². The lowest BCUT2D eigenvalue weighted by Crippen LogP contribution is -2.44. The van der Waals surface area contributed by atoms with E-state index in [1.807, 2.05) is 30.0 Å². The summed E-state index contributed by atoms with van der Waals surface area (Å²) in [4.78, 5) is 22.0. The molecule has 4 heterocycles. The van der Waals surface area contributed by atoms with Crippen molar-refractivity contribution in [3.63, 3.8) is 0 Å². The predicted octanol–water partition coefficient (Wildman–Crippen LogP) is 4.18. The molecule has 0 unspecified atom stereocenters. The van der Waals surface area contributed by atoms with Crippen molar-refractivity contribution in [2.75, 3.05) is 38.1 Å². The molecule has 1 aliphatic heterocycles. The van der Waals surface area contributed by atoms with Gasteiger partial charge >= 0.3 is 0 Å². The van der Waals surface area contributed by atoms with E-state index in [1.165, 1.54) is 22.9 Å². The molecule has 0 bridgehead atoms. The van der Waals surface area contributed by atoms with Crippen LogP contribution < -0.4 is 10.5 Å². The van der Waals surface area contributed by atoms with Gasteiger partial charge in [-0.15, -0.1) is 0 Å². The number of nitrogens with zero attached hydrogens (tertiary/aromatic N) is 6. The Labute approximate surface area is 214 Å². The molecule has 0 atom stereocenters. The number of anilines is 1. The number of aromatic nitrogens is 4. The molecule has 5 aromatic rings. The number of hydrogen-bond donors (Lipinski definition) is 0. The van der Waals surface area contributed by atoms with Crippen molar-refractivity contribution in [3.05, 3.63) is 94.3 Å². The van der Waals surface area contributed by atoms with Gasteiger partial charge in [-0.05, 0) is 74.0 Å². The fourth-order valence-corrected chi connectivity index (χ4v) is 5.08. The van der Waals surface area contributed by atoms with E-state index < -0.39 is 0 Å². The van der Waals surface area contributed by atoms with Crippen molar-refractivity contribution < 1.29 is 4.39 Å². The number of hydrogen-bond acceptors (Lipinski definition) is 5. The van der Waals surface area contributed by atoms with Crippen molar-refractivity contribution in [2.24, 2.45) is 0 Å². The minimum atomic E-state index is -0.304. The zero-order valence-electron chi connectivity index (χ0n) is 21.1. The van der Waals surface area contributed by atoms with Crippen LogP contribution >= 0.6 is 0 Å². The maximum Gasteiger partial charge on any atom is 0.266 e. The van der Waals surface area contributed by atoms with Crippen LogP contribution in [0.25, 0.3) is 27.6 Å². The number of aryl methyl sites for hydroxylation is 3. The number of likely N-dealkylation sites (N-methyl/N-ethyl adjacent to an activating group) is 1. The van der Waals surface area contributed by atoms with Crippen molar-refractivity contribution in [1.82, 2.24) is 24.2 Å². The lowest BCUT2D eigenvalue weighted by Gasteiger charge is -2.33. The molecular weight excluding hydrogens is 467 g/mol. The third kappa shape index (κ3) is 4.60. The van der Waals surface area contributed by atoms with E-state index >= 15 is 0 Å². The van der Waals surface area contributed by atoms with Crippen molar-refractivity contribution >= 4 is 27.5 Å². The molecular formula is C29H29FN6O. The standard InChI is InChI=1S/C29H29FN6O/c1-20-19-35(27-17-23(30)4-5-25(20)27)28-7-8-29(37)36(32-28)10-9-21-3-6-26-22(15-21)16-24(18-31-26)34-13-11-33(2)12-14-34/h3-8,15-19H,9-14H2,1-2H3. The summed E-state index contributed by atoms with van der Waals surface area (Å²) in [5.41, 5.74) is 4.81. The smallest absolute Gasteiger partial charge is 0.266 e. The highest BCUT2D eigenvalue weighted by Crippen LogP contribution is 2.25. The number of halogens is 1. The minimum absolute atomic E-state index is 0.164. The Morgan fingerprint density at radius 2 is 1.81 bits per heavy atom. The Kier molecular flexibility index (Phi) is 5.96. The fourth-order valence-electron chi connectivity index (χ4n) is 5.08. The molecule has 188 valence electrons. The first-order valence-corrected chi connectivity index (χ1v) is 12.6. The quantitative estimate of drug-likeness (QED) is 0.366. The molecule has 0 N–H and O–H groups in total. The molecule has 0 aliphatic carbocycles. The second-order valence-electron chi connectivity index (χ2n) is 9.86. The highest BCUT2D eigenvalue weighted by atomic mass is 19.1. The summed E-state index contributed by atoms with van der Waals surface area (Å²) < 4.78 is 17.3. The maximum absolute atomic E-state index is 14.0. The summed E-state index contributed by atoms with van der Waals surface area (Å²) in [6, 6.07) is 16.4. The first kappa shape index (κ1) is 23.4. The van der Waals surface area contributed by atoms with Gasteiger partial charge in [0.05, 0.1) is 22.9 Å². The van der Waals surface area contributed by atoms with Gasteiger partial charge in [0.1, 0.15) is 5.82 Å². The topological polar surface area (TPSA) is 59.2 Å². The number of rotatable bonds is 5. The van der Waals surface area contributed by atoms with E-state index in [-0.39, 0.29) is 11.4 Å². The molecule has 37 heavy (non-hydrogen) atoms. The van der Waals surface area contributed by atoms with E-state index in [4.69, 9.17) is 0 Å². The number of pyridine rings is 1. The Hall–Kier alpha value is -4.04. The first-order chi connectivity index (χ1) is 17.9. The molecule has 1 fully saturated rings. The summed E-state index contributed by atoms with van der Waals surface area (Å²) in [6.07, 6.45) is 4.54. The minimum Gasteiger partial charge on any atom is -0.368 e. The van der Waals surface area contributed by atoms with Crippen LogP contribution in [0.2, 0.25) is 0 Å². The predicted molar refractivity (Wildman–Crippen MR) is 145 cm³/mol. The van der Waals surface area contributed by atoms with E-state index in [2.05, 4.69) is 45.1 Å². The van der Waals surface area contributed by atoms with Gasteiger partial charge in [0, 0.05) is 55.8 Å².